The van der Waals surface area contributed by atoms with Crippen molar-refractivity contribution in [2.45, 2.75) is 19.8 Å². The summed E-state index contributed by atoms with van der Waals surface area (Å²) in [6.07, 6.45) is 0.653. The molecule has 0 aliphatic heterocycles. The van der Waals surface area contributed by atoms with Gasteiger partial charge in [-0.3, -0.25) is 9.59 Å². The smallest absolute Gasteiger partial charge is 0.244 e. The van der Waals surface area contributed by atoms with E-state index in [1.165, 1.54) is 24.1 Å². The number of methoxy groups -OCH3 is 1. The topological polar surface area (TPSA) is 58.6 Å². The Balaban J connectivity index is 1.90. The number of carbonyl (C=O) groups excluding carboxylic acids is 2. The molecule has 0 saturated heterocycles. The van der Waals surface area contributed by atoms with E-state index in [1.54, 1.807) is 30.3 Å². The van der Waals surface area contributed by atoms with Crippen LogP contribution < -0.4 is 10.1 Å². The molecule has 0 aliphatic carbocycles. The molecule has 2 amide bonds. The minimum atomic E-state index is -0.321. The second-order valence-electron chi connectivity index (χ2n) is 5.79. The minimum absolute atomic E-state index is 0.0451. The van der Waals surface area contributed by atoms with Gasteiger partial charge in [0.1, 0.15) is 11.6 Å². The highest BCUT2D eigenvalue weighted by Crippen LogP contribution is 2.22. The molecule has 1 N–H and O–H groups in total. The maximum atomic E-state index is 13.2. The summed E-state index contributed by atoms with van der Waals surface area (Å²) in [5.74, 6) is -0.206. The second kappa shape index (κ2) is 9.56. The number of hydrogen-bond donors (Lipinski definition) is 1. The van der Waals surface area contributed by atoms with Crippen LogP contribution in [0.2, 0.25) is 0 Å². The van der Waals surface area contributed by atoms with Gasteiger partial charge >= 0.3 is 0 Å². The number of halogens is 1. The summed E-state index contributed by atoms with van der Waals surface area (Å²) in [4.78, 5) is 26.1. The van der Waals surface area contributed by atoms with Crippen molar-refractivity contribution >= 4 is 17.5 Å². The molecule has 0 atom stereocenters. The zero-order valence-corrected chi connectivity index (χ0v) is 15.0. The fourth-order valence-electron chi connectivity index (χ4n) is 2.59. The van der Waals surface area contributed by atoms with E-state index in [4.69, 9.17) is 4.74 Å². The van der Waals surface area contributed by atoms with Gasteiger partial charge in [0.15, 0.2) is 0 Å². The first-order chi connectivity index (χ1) is 12.5. The van der Waals surface area contributed by atoms with Crippen LogP contribution in [-0.4, -0.2) is 36.9 Å². The Morgan fingerprint density at radius 2 is 1.92 bits per heavy atom. The molecule has 0 spiro atoms. The number of nitrogens with one attached hydrogen (secondary N) is 1. The van der Waals surface area contributed by atoms with Gasteiger partial charge in [0.05, 0.1) is 19.3 Å². The summed E-state index contributed by atoms with van der Waals surface area (Å²) >= 11 is 0. The molecule has 26 heavy (non-hydrogen) atoms. The minimum Gasteiger partial charge on any atom is -0.495 e. The van der Waals surface area contributed by atoms with Crippen molar-refractivity contribution in [1.29, 1.82) is 0 Å². The highest BCUT2D eigenvalue weighted by atomic mass is 19.1. The number of carbonyl (C=O) groups is 2. The van der Waals surface area contributed by atoms with Crippen molar-refractivity contribution in [3.63, 3.8) is 0 Å². The largest absolute Gasteiger partial charge is 0.495 e. The number of rotatable bonds is 8. The highest BCUT2D eigenvalue weighted by molar-refractivity contribution is 5.95. The Hall–Kier alpha value is -2.89. The monoisotopic (exact) mass is 358 g/mol. The summed E-state index contributed by atoms with van der Waals surface area (Å²) in [7, 11) is 1.53. The number of benzene rings is 2. The third kappa shape index (κ3) is 5.58. The van der Waals surface area contributed by atoms with E-state index in [1.807, 2.05) is 13.0 Å². The molecule has 138 valence electrons. The third-order valence-corrected chi connectivity index (χ3v) is 3.97. The van der Waals surface area contributed by atoms with Gasteiger partial charge in [0.25, 0.3) is 0 Å². The number of amides is 2. The maximum Gasteiger partial charge on any atom is 0.244 e. The number of aryl methyl sites for hydroxylation is 1. The standard InChI is InChI=1S/C20H23FN2O3/c1-3-23(20(25)12-11-15-7-6-8-16(21)13-15)14-19(24)22-17-9-4-5-10-18(17)26-2/h4-10,13H,3,11-12,14H2,1-2H3,(H,22,24). The second-order valence-corrected chi connectivity index (χ2v) is 5.79. The summed E-state index contributed by atoms with van der Waals surface area (Å²) < 4.78 is 18.4. The van der Waals surface area contributed by atoms with Gasteiger partial charge in [-0.15, -0.1) is 0 Å². The predicted octanol–water partition coefficient (Wildman–Crippen LogP) is 3.25. The molecular formula is C20H23FN2O3. The molecule has 5 nitrogen and oxygen atoms in total. The Kier molecular flexibility index (Phi) is 7.14. The predicted molar refractivity (Wildman–Crippen MR) is 98.6 cm³/mol. The molecule has 0 radical (unpaired) electrons. The van der Waals surface area contributed by atoms with Crippen molar-refractivity contribution in [2.75, 3.05) is 25.5 Å². The molecule has 6 heteroatoms. The lowest BCUT2D eigenvalue weighted by Crippen LogP contribution is -2.38. The first-order valence-electron chi connectivity index (χ1n) is 8.48. The summed E-state index contributed by atoms with van der Waals surface area (Å²) in [5, 5.41) is 2.75. The first-order valence-corrected chi connectivity index (χ1v) is 8.48. The number of nitrogens with zero attached hydrogens (tertiary/aromatic N) is 1. The van der Waals surface area contributed by atoms with Crippen LogP contribution in [0.4, 0.5) is 10.1 Å². The molecule has 2 aromatic rings. The molecule has 2 aromatic carbocycles. The average Bonchev–Trinajstić information content (AvgIpc) is 2.64. The van der Waals surface area contributed by atoms with Gasteiger partial charge < -0.3 is 15.0 Å². The Bertz CT molecular complexity index is 764. The molecule has 2 rings (SSSR count). The summed E-state index contributed by atoms with van der Waals surface area (Å²) in [5.41, 5.74) is 1.32. The van der Waals surface area contributed by atoms with E-state index >= 15 is 0 Å². The Labute approximate surface area is 152 Å². The number of likely N-dealkylation sites (N-methyl/N-ethyl adjacent to an activating group) is 1. The van der Waals surface area contributed by atoms with Gasteiger partial charge in [-0.05, 0) is 43.2 Å². The molecule has 0 heterocycles. The molecule has 0 bridgehead atoms. The van der Waals surface area contributed by atoms with E-state index in [0.717, 1.165) is 5.56 Å². The van der Waals surface area contributed by atoms with Crippen LogP contribution in [0.1, 0.15) is 18.9 Å². The number of anilines is 1. The van der Waals surface area contributed by atoms with Crippen LogP contribution in [0.3, 0.4) is 0 Å². The molecule has 0 aromatic heterocycles. The van der Waals surface area contributed by atoms with Gasteiger partial charge in [0.2, 0.25) is 11.8 Å². The number of ether oxygens (including phenoxy) is 1. The van der Waals surface area contributed by atoms with E-state index in [-0.39, 0.29) is 30.6 Å². The van der Waals surface area contributed by atoms with E-state index < -0.39 is 0 Å². The van der Waals surface area contributed by atoms with Crippen LogP contribution in [0.5, 0.6) is 5.75 Å². The van der Waals surface area contributed by atoms with Crippen molar-refractivity contribution in [1.82, 2.24) is 4.90 Å². The van der Waals surface area contributed by atoms with Gasteiger partial charge in [-0.2, -0.15) is 0 Å². The van der Waals surface area contributed by atoms with Crippen LogP contribution in [0.15, 0.2) is 48.5 Å². The van der Waals surface area contributed by atoms with Crippen LogP contribution in [0, 0.1) is 5.82 Å². The quantitative estimate of drug-likeness (QED) is 0.788. The van der Waals surface area contributed by atoms with Gasteiger partial charge in [-0.1, -0.05) is 24.3 Å². The van der Waals surface area contributed by atoms with Gasteiger partial charge in [-0.25, -0.2) is 4.39 Å². The third-order valence-electron chi connectivity index (χ3n) is 3.97. The van der Waals surface area contributed by atoms with Crippen LogP contribution >= 0.6 is 0 Å². The number of para-hydroxylation sites is 2. The molecule has 0 fully saturated rings. The van der Waals surface area contributed by atoms with E-state index in [0.29, 0.717) is 24.4 Å². The molecular weight excluding hydrogens is 335 g/mol. The molecule has 0 aliphatic rings. The van der Waals surface area contributed by atoms with E-state index in [2.05, 4.69) is 5.32 Å². The summed E-state index contributed by atoms with van der Waals surface area (Å²) in [6, 6.07) is 13.3. The van der Waals surface area contributed by atoms with Crippen LogP contribution in [0.25, 0.3) is 0 Å². The van der Waals surface area contributed by atoms with Crippen molar-refractivity contribution in [3.8, 4) is 5.75 Å². The fourth-order valence-corrected chi connectivity index (χ4v) is 2.59. The normalized spacial score (nSPS) is 10.3. The lowest BCUT2D eigenvalue weighted by molar-refractivity contribution is -0.134. The zero-order valence-electron chi connectivity index (χ0n) is 15.0. The Morgan fingerprint density at radius 3 is 2.62 bits per heavy atom. The van der Waals surface area contributed by atoms with Gasteiger partial charge in [0, 0.05) is 13.0 Å². The Morgan fingerprint density at radius 1 is 1.15 bits per heavy atom. The fraction of sp³-hybridized carbons (Fsp3) is 0.300. The lowest BCUT2D eigenvalue weighted by Gasteiger charge is -2.21. The van der Waals surface area contributed by atoms with Crippen molar-refractivity contribution in [2.24, 2.45) is 0 Å². The van der Waals surface area contributed by atoms with E-state index in [9.17, 15) is 14.0 Å². The SMILES string of the molecule is CCN(CC(=O)Nc1ccccc1OC)C(=O)CCc1cccc(F)c1. The lowest BCUT2D eigenvalue weighted by atomic mass is 10.1. The zero-order chi connectivity index (χ0) is 18.9. The summed E-state index contributed by atoms with van der Waals surface area (Å²) in [6.45, 7) is 2.19. The van der Waals surface area contributed by atoms with Crippen molar-refractivity contribution in [3.05, 3.63) is 59.9 Å². The molecule has 0 saturated carbocycles. The average molecular weight is 358 g/mol. The number of hydrogen-bond acceptors (Lipinski definition) is 3. The first kappa shape index (κ1) is 19.4. The molecule has 0 unspecified atom stereocenters. The van der Waals surface area contributed by atoms with Crippen LogP contribution in [-0.2, 0) is 16.0 Å². The maximum absolute atomic E-state index is 13.2. The highest BCUT2D eigenvalue weighted by Gasteiger charge is 2.16. The van der Waals surface area contributed by atoms with Crippen molar-refractivity contribution < 1.29 is 18.7 Å².